The smallest absolute Gasteiger partial charge is 0.241 e. The first-order valence-electron chi connectivity index (χ1n) is 7.26. The highest BCUT2D eigenvalue weighted by molar-refractivity contribution is 7.08. The minimum atomic E-state index is 0.230. The summed E-state index contributed by atoms with van der Waals surface area (Å²) in [6.45, 7) is 5.70. The molecule has 0 amide bonds. The lowest BCUT2D eigenvalue weighted by Gasteiger charge is -2.19. The van der Waals surface area contributed by atoms with E-state index in [1.807, 2.05) is 16.8 Å². The molecule has 0 aliphatic carbocycles. The van der Waals surface area contributed by atoms with E-state index in [1.165, 1.54) is 0 Å². The highest BCUT2D eigenvalue weighted by Crippen LogP contribution is 2.19. The van der Waals surface area contributed by atoms with Crippen LogP contribution in [0.15, 0.2) is 21.3 Å². The molecule has 0 aromatic carbocycles. The average Bonchev–Trinajstić information content (AvgIpc) is 3.10. The fourth-order valence-electron chi connectivity index (χ4n) is 2.57. The summed E-state index contributed by atoms with van der Waals surface area (Å²) in [6, 6.07) is 2.00. The van der Waals surface area contributed by atoms with Crippen LogP contribution >= 0.6 is 11.3 Å². The van der Waals surface area contributed by atoms with Crippen molar-refractivity contribution in [2.75, 3.05) is 39.3 Å². The predicted octanol–water partition coefficient (Wildman–Crippen LogP) is 1.30. The van der Waals surface area contributed by atoms with Crippen LogP contribution < -0.4 is 0 Å². The molecule has 0 bridgehead atoms. The lowest BCUT2D eigenvalue weighted by Crippen LogP contribution is -2.32. The van der Waals surface area contributed by atoms with Crippen molar-refractivity contribution in [2.24, 2.45) is 0 Å². The van der Waals surface area contributed by atoms with Crippen molar-refractivity contribution in [2.45, 2.75) is 13.0 Å². The van der Waals surface area contributed by atoms with Gasteiger partial charge in [-0.15, -0.1) is 0 Å². The number of rotatable bonds is 5. The zero-order valence-electron chi connectivity index (χ0n) is 11.9. The Morgan fingerprint density at radius 3 is 2.90 bits per heavy atom. The second kappa shape index (κ2) is 7.13. The SMILES string of the molecule is OCCN1CCCN(Cc2nc(-c3ccsc3)no2)CC1. The van der Waals surface area contributed by atoms with Crippen LogP contribution in [-0.2, 0) is 6.54 Å². The highest BCUT2D eigenvalue weighted by Gasteiger charge is 2.17. The van der Waals surface area contributed by atoms with Crippen molar-refractivity contribution < 1.29 is 9.63 Å². The molecule has 1 fully saturated rings. The van der Waals surface area contributed by atoms with E-state index in [4.69, 9.17) is 9.63 Å². The lowest BCUT2D eigenvalue weighted by atomic mass is 10.3. The Bertz CT molecular complexity index is 543. The zero-order chi connectivity index (χ0) is 14.5. The van der Waals surface area contributed by atoms with E-state index >= 15 is 0 Å². The molecule has 6 nitrogen and oxygen atoms in total. The number of β-amino-alcohol motifs (C(OH)–C–C–N with tert-alkyl or cyclic N) is 1. The fraction of sp³-hybridized carbons (Fsp3) is 0.571. The molecular weight excluding hydrogens is 288 g/mol. The van der Waals surface area contributed by atoms with Gasteiger partial charge in [0.05, 0.1) is 13.2 Å². The number of thiophene rings is 1. The van der Waals surface area contributed by atoms with Gasteiger partial charge in [0.1, 0.15) is 0 Å². The van der Waals surface area contributed by atoms with Gasteiger partial charge in [0.25, 0.3) is 0 Å². The summed E-state index contributed by atoms with van der Waals surface area (Å²) >= 11 is 1.63. The molecule has 1 aliphatic rings. The molecule has 2 aromatic rings. The number of hydrogen-bond acceptors (Lipinski definition) is 7. The van der Waals surface area contributed by atoms with E-state index < -0.39 is 0 Å². The lowest BCUT2D eigenvalue weighted by molar-refractivity contribution is 0.191. The van der Waals surface area contributed by atoms with Gasteiger partial charge in [-0.3, -0.25) is 9.80 Å². The third kappa shape index (κ3) is 3.88. The van der Waals surface area contributed by atoms with Gasteiger partial charge < -0.3 is 9.63 Å². The summed E-state index contributed by atoms with van der Waals surface area (Å²) in [4.78, 5) is 9.10. The number of aliphatic hydroxyl groups is 1. The van der Waals surface area contributed by atoms with Crippen molar-refractivity contribution in [3.8, 4) is 11.4 Å². The second-order valence-electron chi connectivity index (χ2n) is 5.22. The monoisotopic (exact) mass is 308 g/mol. The van der Waals surface area contributed by atoms with Crippen LogP contribution in [-0.4, -0.2) is 64.4 Å². The van der Waals surface area contributed by atoms with Crippen LogP contribution in [0.25, 0.3) is 11.4 Å². The number of hydrogen-bond donors (Lipinski definition) is 1. The maximum atomic E-state index is 9.02. The summed E-state index contributed by atoms with van der Waals surface area (Å²) in [6.07, 6.45) is 1.10. The van der Waals surface area contributed by atoms with Crippen molar-refractivity contribution in [3.63, 3.8) is 0 Å². The van der Waals surface area contributed by atoms with Crippen LogP contribution in [0.4, 0.5) is 0 Å². The molecule has 1 N–H and O–H groups in total. The van der Waals surface area contributed by atoms with Crippen molar-refractivity contribution in [1.82, 2.24) is 19.9 Å². The minimum absolute atomic E-state index is 0.230. The summed E-state index contributed by atoms with van der Waals surface area (Å²) in [7, 11) is 0. The predicted molar refractivity (Wildman–Crippen MR) is 81.0 cm³/mol. The summed E-state index contributed by atoms with van der Waals surface area (Å²) < 4.78 is 5.35. The van der Waals surface area contributed by atoms with E-state index in [9.17, 15) is 0 Å². The van der Waals surface area contributed by atoms with Crippen molar-refractivity contribution >= 4 is 11.3 Å². The topological polar surface area (TPSA) is 65.6 Å². The van der Waals surface area contributed by atoms with Gasteiger partial charge in [0, 0.05) is 30.6 Å². The van der Waals surface area contributed by atoms with E-state index in [1.54, 1.807) is 11.3 Å². The molecule has 114 valence electrons. The summed E-state index contributed by atoms with van der Waals surface area (Å²) in [5, 5.41) is 17.1. The molecule has 7 heteroatoms. The Balaban J connectivity index is 1.57. The maximum Gasteiger partial charge on any atom is 0.241 e. The molecule has 3 rings (SSSR count). The minimum Gasteiger partial charge on any atom is -0.395 e. The molecule has 0 atom stereocenters. The Labute approximate surface area is 128 Å². The van der Waals surface area contributed by atoms with Gasteiger partial charge in [-0.25, -0.2) is 0 Å². The highest BCUT2D eigenvalue weighted by atomic mass is 32.1. The van der Waals surface area contributed by atoms with E-state index in [-0.39, 0.29) is 6.61 Å². The van der Waals surface area contributed by atoms with Gasteiger partial charge in [-0.2, -0.15) is 16.3 Å². The fourth-order valence-corrected chi connectivity index (χ4v) is 3.20. The van der Waals surface area contributed by atoms with Crippen molar-refractivity contribution in [1.29, 1.82) is 0 Å². The quantitative estimate of drug-likeness (QED) is 0.898. The molecule has 1 saturated heterocycles. The molecule has 3 heterocycles. The number of aromatic nitrogens is 2. The normalized spacial score (nSPS) is 18.0. The second-order valence-corrected chi connectivity index (χ2v) is 6.00. The molecule has 2 aromatic heterocycles. The molecule has 0 unspecified atom stereocenters. The first-order valence-corrected chi connectivity index (χ1v) is 8.20. The van der Waals surface area contributed by atoms with Gasteiger partial charge >= 0.3 is 0 Å². The van der Waals surface area contributed by atoms with Crippen LogP contribution in [0.3, 0.4) is 0 Å². The Hall–Kier alpha value is -1.28. The van der Waals surface area contributed by atoms with Crippen LogP contribution in [0, 0.1) is 0 Å². The zero-order valence-corrected chi connectivity index (χ0v) is 12.8. The van der Waals surface area contributed by atoms with E-state index in [2.05, 4.69) is 19.9 Å². The van der Waals surface area contributed by atoms with Gasteiger partial charge in [0.2, 0.25) is 11.7 Å². The Morgan fingerprint density at radius 2 is 2.10 bits per heavy atom. The number of nitrogens with zero attached hydrogens (tertiary/aromatic N) is 4. The van der Waals surface area contributed by atoms with E-state index in [0.29, 0.717) is 18.3 Å². The first kappa shape index (κ1) is 14.6. The largest absolute Gasteiger partial charge is 0.395 e. The number of aliphatic hydroxyl groups excluding tert-OH is 1. The molecule has 0 spiro atoms. The van der Waals surface area contributed by atoms with Crippen LogP contribution in [0.1, 0.15) is 12.3 Å². The molecule has 0 saturated carbocycles. The molecular formula is C14H20N4O2S. The summed E-state index contributed by atoms with van der Waals surface area (Å²) in [5.41, 5.74) is 1.01. The van der Waals surface area contributed by atoms with Gasteiger partial charge in [-0.05, 0) is 31.0 Å². The Kier molecular flexibility index (Phi) is 4.97. The summed E-state index contributed by atoms with van der Waals surface area (Å²) in [5.74, 6) is 1.34. The van der Waals surface area contributed by atoms with Gasteiger partial charge in [0.15, 0.2) is 0 Å². The Morgan fingerprint density at radius 1 is 1.24 bits per heavy atom. The molecule has 0 radical (unpaired) electrons. The standard InChI is InChI=1S/C14H20N4O2S/c19-8-7-17-3-1-4-18(6-5-17)10-13-15-14(16-20-13)12-2-9-21-11-12/h2,9,11,19H,1,3-8,10H2. The average molecular weight is 308 g/mol. The van der Waals surface area contributed by atoms with Crippen LogP contribution in [0.5, 0.6) is 0 Å². The van der Waals surface area contributed by atoms with Crippen LogP contribution in [0.2, 0.25) is 0 Å². The van der Waals surface area contributed by atoms with Gasteiger partial charge in [-0.1, -0.05) is 5.16 Å². The third-order valence-corrected chi connectivity index (χ3v) is 4.39. The third-order valence-electron chi connectivity index (χ3n) is 3.70. The van der Waals surface area contributed by atoms with E-state index in [0.717, 1.165) is 44.7 Å². The molecule has 1 aliphatic heterocycles. The van der Waals surface area contributed by atoms with Crippen molar-refractivity contribution in [3.05, 3.63) is 22.7 Å². The molecule has 21 heavy (non-hydrogen) atoms. The maximum absolute atomic E-state index is 9.02. The first-order chi connectivity index (χ1) is 10.3.